The third kappa shape index (κ3) is 2.02. The van der Waals surface area contributed by atoms with Crippen LogP contribution in [0.5, 0.6) is 0 Å². The molecule has 2 aromatic carbocycles. The summed E-state index contributed by atoms with van der Waals surface area (Å²) in [5.41, 5.74) is 3.71. The van der Waals surface area contributed by atoms with Crippen molar-refractivity contribution in [1.29, 1.82) is 5.26 Å². The first-order valence-corrected chi connectivity index (χ1v) is 7.39. The summed E-state index contributed by atoms with van der Waals surface area (Å²) in [5, 5.41) is 10.2. The highest BCUT2D eigenvalue weighted by Crippen LogP contribution is 2.27. The number of hydrogen-bond donors (Lipinski definition) is 1. The van der Waals surface area contributed by atoms with Gasteiger partial charge in [0.2, 0.25) is 0 Å². The van der Waals surface area contributed by atoms with Crippen LogP contribution in [-0.2, 0) is 0 Å². The number of H-pyrrole nitrogens is 1. The van der Waals surface area contributed by atoms with E-state index < -0.39 is 0 Å². The molecule has 0 aliphatic carbocycles. The molecule has 0 amide bonds. The van der Waals surface area contributed by atoms with Crippen LogP contribution < -0.4 is 5.56 Å². The molecule has 0 spiro atoms. The maximum Gasteiger partial charge on any atom is 0.257 e. The normalized spacial score (nSPS) is 11.0. The van der Waals surface area contributed by atoms with Crippen molar-refractivity contribution in [3.63, 3.8) is 0 Å². The van der Waals surface area contributed by atoms with Gasteiger partial charge in [0.15, 0.2) is 0 Å². The number of nitriles is 1. The predicted molar refractivity (Wildman–Crippen MR) is 90.7 cm³/mol. The molecule has 0 bridgehead atoms. The molecule has 0 aliphatic rings. The lowest BCUT2D eigenvalue weighted by Crippen LogP contribution is -2.13. The Hall–Kier alpha value is -3.03. The fraction of sp³-hybridized carbons (Fsp3) is 0. The number of imidazole rings is 1. The Balaban J connectivity index is 2.15. The van der Waals surface area contributed by atoms with E-state index in [2.05, 4.69) is 11.1 Å². The Morgan fingerprint density at radius 2 is 1.83 bits per heavy atom. The van der Waals surface area contributed by atoms with Crippen molar-refractivity contribution in [2.75, 3.05) is 0 Å². The molecule has 4 rings (SSSR count). The van der Waals surface area contributed by atoms with E-state index in [-0.39, 0.29) is 5.56 Å². The average Bonchev–Trinajstić information content (AvgIpc) is 2.95. The highest BCUT2D eigenvalue weighted by Gasteiger charge is 2.15. The summed E-state index contributed by atoms with van der Waals surface area (Å²) < 4.78 is 1.54. The largest absolute Gasteiger partial charge is 0.338 e. The van der Waals surface area contributed by atoms with Crippen molar-refractivity contribution in [2.24, 2.45) is 0 Å². The van der Waals surface area contributed by atoms with E-state index in [1.54, 1.807) is 24.3 Å². The van der Waals surface area contributed by atoms with Crippen molar-refractivity contribution in [1.82, 2.24) is 9.38 Å². The van der Waals surface area contributed by atoms with Crippen molar-refractivity contribution in [3.8, 4) is 17.2 Å². The minimum absolute atomic E-state index is 0.179. The van der Waals surface area contributed by atoms with E-state index >= 15 is 0 Å². The Labute approximate surface area is 136 Å². The van der Waals surface area contributed by atoms with Crippen LogP contribution in [-0.4, -0.2) is 9.38 Å². The Bertz CT molecular complexity index is 1150. The molecule has 0 saturated carbocycles. The number of aromatic nitrogens is 2. The van der Waals surface area contributed by atoms with Gasteiger partial charge in [-0.3, -0.25) is 9.20 Å². The highest BCUT2D eigenvalue weighted by atomic mass is 35.5. The maximum atomic E-state index is 12.6. The third-order valence-corrected chi connectivity index (χ3v) is 4.13. The molecule has 0 unspecified atom stereocenters. The van der Waals surface area contributed by atoms with Crippen LogP contribution in [0.1, 0.15) is 5.56 Å². The van der Waals surface area contributed by atoms with Crippen molar-refractivity contribution in [3.05, 3.63) is 75.5 Å². The van der Waals surface area contributed by atoms with Gasteiger partial charge in [-0.25, -0.2) is 0 Å². The van der Waals surface area contributed by atoms with Gasteiger partial charge in [-0.15, -0.1) is 0 Å². The van der Waals surface area contributed by atoms with Crippen LogP contribution in [0.3, 0.4) is 0 Å². The third-order valence-electron chi connectivity index (χ3n) is 3.88. The van der Waals surface area contributed by atoms with Gasteiger partial charge < -0.3 is 4.98 Å². The van der Waals surface area contributed by atoms with Crippen LogP contribution in [0.15, 0.2) is 59.4 Å². The lowest BCUT2D eigenvalue weighted by Gasteiger charge is -2.06. The zero-order chi connectivity index (χ0) is 16.0. The zero-order valence-electron chi connectivity index (χ0n) is 11.9. The molecular weight excluding hydrogens is 310 g/mol. The summed E-state index contributed by atoms with van der Waals surface area (Å²) in [4.78, 5) is 15.8. The molecule has 0 atom stereocenters. The second-order valence-electron chi connectivity index (χ2n) is 5.22. The highest BCUT2D eigenvalue weighted by molar-refractivity contribution is 6.30. The maximum absolute atomic E-state index is 12.6. The number of aromatic amines is 1. The van der Waals surface area contributed by atoms with E-state index in [1.165, 1.54) is 10.5 Å². The summed E-state index contributed by atoms with van der Waals surface area (Å²) in [6, 6.07) is 18.3. The van der Waals surface area contributed by atoms with Gasteiger partial charge >= 0.3 is 0 Å². The summed E-state index contributed by atoms with van der Waals surface area (Å²) in [5.74, 6) is 0. The van der Waals surface area contributed by atoms with Crippen LogP contribution in [0, 0.1) is 11.3 Å². The van der Waals surface area contributed by atoms with Gasteiger partial charge in [0, 0.05) is 16.7 Å². The van der Waals surface area contributed by atoms with E-state index in [1.807, 2.05) is 24.3 Å². The standard InChI is InChI=1S/C18H10ClN3O/c19-12-7-5-11(6-8-12)13-9-17(23)22-16-4-2-1-3-15(16)21-18(22)14(13)10-20/h1-9,21H. The molecule has 4 nitrogen and oxygen atoms in total. The number of para-hydroxylation sites is 2. The van der Waals surface area contributed by atoms with Gasteiger partial charge in [0.05, 0.1) is 11.0 Å². The van der Waals surface area contributed by atoms with Crippen LogP contribution in [0.2, 0.25) is 5.02 Å². The van der Waals surface area contributed by atoms with Crippen molar-refractivity contribution >= 4 is 28.3 Å². The smallest absolute Gasteiger partial charge is 0.257 e. The number of nitrogens with zero attached hydrogens (tertiary/aromatic N) is 2. The lowest BCUT2D eigenvalue weighted by molar-refractivity contribution is 1.14. The molecule has 2 heterocycles. The number of halogens is 1. The predicted octanol–water partition coefficient (Wildman–Crippen LogP) is 3.97. The van der Waals surface area contributed by atoms with E-state index in [9.17, 15) is 10.1 Å². The first-order chi connectivity index (χ1) is 11.2. The SMILES string of the molecule is N#Cc1c(-c2ccc(Cl)cc2)cc(=O)n2c1[nH]c1ccccc12. The molecule has 4 aromatic rings. The van der Waals surface area contributed by atoms with Gasteiger partial charge in [0.1, 0.15) is 17.3 Å². The first kappa shape index (κ1) is 13.6. The molecule has 5 heteroatoms. The topological polar surface area (TPSA) is 61.1 Å². The van der Waals surface area contributed by atoms with Gasteiger partial charge in [-0.05, 0) is 29.8 Å². The Morgan fingerprint density at radius 3 is 2.57 bits per heavy atom. The molecule has 110 valence electrons. The molecule has 0 saturated heterocycles. The summed E-state index contributed by atoms with van der Waals surface area (Å²) >= 11 is 5.92. The minimum Gasteiger partial charge on any atom is -0.338 e. The summed E-state index contributed by atoms with van der Waals surface area (Å²) in [6.07, 6.45) is 0. The van der Waals surface area contributed by atoms with Gasteiger partial charge in [-0.2, -0.15) is 5.26 Å². The zero-order valence-corrected chi connectivity index (χ0v) is 12.6. The van der Waals surface area contributed by atoms with E-state index in [0.717, 1.165) is 16.6 Å². The van der Waals surface area contributed by atoms with Crippen molar-refractivity contribution < 1.29 is 0 Å². The van der Waals surface area contributed by atoms with Gasteiger partial charge in [0.25, 0.3) is 5.56 Å². The lowest BCUT2D eigenvalue weighted by atomic mass is 10.0. The van der Waals surface area contributed by atoms with Gasteiger partial charge in [-0.1, -0.05) is 35.9 Å². The van der Waals surface area contributed by atoms with Crippen molar-refractivity contribution in [2.45, 2.75) is 0 Å². The second kappa shape index (κ2) is 5.01. The minimum atomic E-state index is -0.179. The molecule has 1 N–H and O–H groups in total. The summed E-state index contributed by atoms with van der Waals surface area (Å²) in [7, 11) is 0. The van der Waals surface area contributed by atoms with E-state index in [0.29, 0.717) is 21.8 Å². The molecule has 0 aliphatic heterocycles. The molecule has 2 aromatic heterocycles. The fourth-order valence-corrected chi connectivity index (χ4v) is 2.97. The molecule has 0 radical (unpaired) electrons. The van der Waals surface area contributed by atoms with Crippen LogP contribution in [0.25, 0.3) is 27.8 Å². The molecular formula is C18H10ClN3O. The van der Waals surface area contributed by atoms with E-state index in [4.69, 9.17) is 11.6 Å². The fourth-order valence-electron chi connectivity index (χ4n) is 2.84. The first-order valence-electron chi connectivity index (χ1n) is 7.01. The van der Waals surface area contributed by atoms with Crippen LogP contribution >= 0.6 is 11.6 Å². The number of hydrogen-bond acceptors (Lipinski definition) is 2. The number of pyridine rings is 1. The summed E-state index contributed by atoms with van der Waals surface area (Å²) in [6.45, 7) is 0. The average molecular weight is 320 g/mol. The molecule has 0 fully saturated rings. The Kier molecular flexibility index (Phi) is 2.97. The molecule has 23 heavy (non-hydrogen) atoms. The second-order valence-corrected chi connectivity index (χ2v) is 5.65. The monoisotopic (exact) mass is 319 g/mol. The quantitative estimate of drug-likeness (QED) is 0.577. The Morgan fingerprint density at radius 1 is 1.09 bits per heavy atom. The number of rotatable bonds is 1. The number of fused-ring (bicyclic) bond motifs is 3. The number of benzene rings is 2. The van der Waals surface area contributed by atoms with Crippen LogP contribution in [0.4, 0.5) is 0 Å². The number of nitrogens with one attached hydrogen (secondary N) is 1.